The molecule has 0 unspecified atom stereocenters. The van der Waals surface area contributed by atoms with Crippen LogP contribution in [0, 0.1) is 50.2 Å². The van der Waals surface area contributed by atoms with E-state index >= 15 is 0 Å². The van der Waals surface area contributed by atoms with Gasteiger partial charge < -0.3 is 33.5 Å². The van der Waals surface area contributed by atoms with Crippen LogP contribution in [0.4, 0.5) is 0 Å². The second-order valence-electron chi connectivity index (χ2n) is 20.1. The first-order chi connectivity index (χ1) is 25.5. The van der Waals surface area contributed by atoms with E-state index in [1.807, 2.05) is 0 Å². The lowest BCUT2D eigenvalue weighted by molar-refractivity contribution is -0.329. The highest BCUT2D eigenvalue weighted by molar-refractivity contribution is 5.77. The summed E-state index contributed by atoms with van der Waals surface area (Å²) in [6, 6.07) is 0. The summed E-state index contributed by atoms with van der Waals surface area (Å²) in [6.45, 7) is 22.7. The molecule has 1 N–H and O–H groups in total. The van der Waals surface area contributed by atoms with Crippen LogP contribution < -0.4 is 0 Å². The van der Waals surface area contributed by atoms with Gasteiger partial charge in [0.1, 0.15) is 0 Å². The predicted molar refractivity (Wildman–Crippen MR) is 203 cm³/mol. The minimum Gasteiger partial charge on any atom is -0.467 e. The van der Waals surface area contributed by atoms with E-state index in [1.165, 1.54) is 27.9 Å². The summed E-state index contributed by atoms with van der Waals surface area (Å²) in [7, 11) is 1.19. The number of aliphatic hydroxyl groups excluding tert-OH is 1. The van der Waals surface area contributed by atoms with Crippen molar-refractivity contribution in [3.05, 3.63) is 11.6 Å². The maximum Gasteiger partial charge on any atom is 0.339 e. The van der Waals surface area contributed by atoms with Gasteiger partial charge in [0.25, 0.3) is 0 Å². The largest absolute Gasteiger partial charge is 0.467 e. The van der Waals surface area contributed by atoms with Gasteiger partial charge >= 0.3 is 23.9 Å². The molecule has 6 rings (SSSR count). The number of carbonyl (C=O) groups is 4. The average Bonchev–Trinajstić information content (AvgIpc) is 3.08. The summed E-state index contributed by atoms with van der Waals surface area (Å²) in [5.41, 5.74) is 1.41. The van der Waals surface area contributed by atoms with Crippen molar-refractivity contribution < 1.29 is 52.7 Å². The van der Waals surface area contributed by atoms with Gasteiger partial charge in [-0.25, -0.2) is 4.79 Å². The summed E-state index contributed by atoms with van der Waals surface area (Å²) in [6.07, 6.45) is 4.69. The van der Waals surface area contributed by atoms with Crippen molar-refractivity contribution in [1.82, 2.24) is 0 Å². The molecular weight excluding hydrogens is 704 g/mol. The van der Waals surface area contributed by atoms with Gasteiger partial charge in [0.2, 0.25) is 0 Å². The monoisotopic (exact) mass is 772 g/mol. The van der Waals surface area contributed by atoms with Crippen molar-refractivity contribution in [2.24, 2.45) is 50.2 Å². The zero-order chi connectivity index (χ0) is 40.7. The number of ether oxygens (including phenoxy) is 6. The number of esters is 4. The minimum atomic E-state index is -1.50. The Labute approximate surface area is 328 Å². The first-order valence-electron chi connectivity index (χ1n) is 20.8. The Bertz CT molecular complexity index is 1570. The standard InChI is InChI=1S/C44H68O11/c1-13-40(7)29-16-19-44(11)30(15-14-27-28-22-39(5,6)23-31(48)41(28,8)20-21-43(27,44)10)42(29,9)18-17-32(40)54-38-36(53-26(4)47)34(52-25(3)46)33(51-24(2)45)35(55-38)37(49)50-12/h14,28-36,38,48H,13,15-23H2,1-12H3/t28-,29+,30-,31-,32+,33+,34+,35+,36-,38-,40-,41-,42+,43-,44-/m1/s1. The molecule has 1 saturated heterocycles. The van der Waals surface area contributed by atoms with Gasteiger partial charge in [-0.15, -0.1) is 0 Å². The van der Waals surface area contributed by atoms with Crippen LogP contribution in [0.1, 0.15) is 140 Å². The van der Waals surface area contributed by atoms with Gasteiger partial charge in [-0.3, -0.25) is 14.4 Å². The third kappa shape index (κ3) is 6.67. The van der Waals surface area contributed by atoms with Crippen molar-refractivity contribution in [2.45, 2.75) is 183 Å². The molecule has 6 aliphatic rings. The molecule has 4 saturated carbocycles. The number of methoxy groups -OCH3 is 1. The van der Waals surface area contributed by atoms with E-state index in [4.69, 9.17) is 28.4 Å². The first kappa shape index (κ1) is 42.1. The van der Waals surface area contributed by atoms with Crippen molar-refractivity contribution in [2.75, 3.05) is 7.11 Å². The molecule has 0 radical (unpaired) electrons. The summed E-state index contributed by atoms with van der Waals surface area (Å²) < 4.78 is 35.1. The number of rotatable bonds is 7. The van der Waals surface area contributed by atoms with Crippen LogP contribution in [0.5, 0.6) is 0 Å². The van der Waals surface area contributed by atoms with E-state index < -0.39 is 54.6 Å². The molecule has 1 aliphatic heterocycles. The molecule has 310 valence electrons. The Morgan fingerprint density at radius 2 is 1.40 bits per heavy atom. The highest BCUT2D eigenvalue weighted by atomic mass is 16.7. The molecule has 0 amide bonds. The Morgan fingerprint density at radius 1 is 0.782 bits per heavy atom. The lowest BCUT2D eigenvalue weighted by Crippen LogP contribution is -2.67. The summed E-state index contributed by atoms with van der Waals surface area (Å²) >= 11 is 0. The Hall–Kier alpha value is -2.50. The number of hydrogen-bond acceptors (Lipinski definition) is 11. The number of aliphatic hydroxyl groups is 1. The maximum absolute atomic E-state index is 13.1. The number of fused-ring (bicyclic) bond motifs is 7. The van der Waals surface area contributed by atoms with Crippen LogP contribution in [0.15, 0.2) is 11.6 Å². The molecule has 0 aromatic carbocycles. The molecule has 11 nitrogen and oxygen atoms in total. The molecule has 5 fully saturated rings. The smallest absolute Gasteiger partial charge is 0.339 e. The molecule has 0 aromatic rings. The molecule has 0 spiro atoms. The molecule has 55 heavy (non-hydrogen) atoms. The topological polar surface area (TPSA) is 144 Å². The lowest BCUT2D eigenvalue weighted by atomic mass is 9.33. The Morgan fingerprint density at radius 3 is 2.00 bits per heavy atom. The van der Waals surface area contributed by atoms with Gasteiger partial charge in [-0.1, -0.05) is 67.0 Å². The van der Waals surface area contributed by atoms with Gasteiger partial charge in [-0.05, 0) is 109 Å². The summed E-state index contributed by atoms with van der Waals surface area (Å²) in [5.74, 6) is -1.84. The van der Waals surface area contributed by atoms with E-state index in [2.05, 4.69) is 61.5 Å². The van der Waals surface area contributed by atoms with Crippen molar-refractivity contribution in [3.63, 3.8) is 0 Å². The van der Waals surface area contributed by atoms with E-state index in [0.29, 0.717) is 24.2 Å². The average molecular weight is 773 g/mol. The van der Waals surface area contributed by atoms with Gasteiger partial charge in [-0.2, -0.15) is 0 Å². The fourth-order valence-electron chi connectivity index (χ4n) is 13.5. The van der Waals surface area contributed by atoms with Crippen LogP contribution >= 0.6 is 0 Å². The molecule has 1 heterocycles. The summed E-state index contributed by atoms with van der Waals surface area (Å²) in [4.78, 5) is 50.3. The van der Waals surface area contributed by atoms with Crippen molar-refractivity contribution in [3.8, 4) is 0 Å². The second kappa shape index (κ2) is 14.4. The van der Waals surface area contributed by atoms with E-state index in [9.17, 15) is 24.3 Å². The minimum absolute atomic E-state index is 0.00667. The Kier molecular flexibility index (Phi) is 11.0. The predicted octanol–water partition coefficient (Wildman–Crippen LogP) is 7.25. The van der Waals surface area contributed by atoms with Gasteiger partial charge in [0.05, 0.1) is 19.3 Å². The quantitative estimate of drug-likeness (QED) is 0.121. The van der Waals surface area contributed by atoms with Crippen LogP contribution in [-0.2, 0) is 47.6 Å². The van der Waals surface area contributed by atoms with Gasteiger partial charge in [0.15, 0.2) is 30.7 Å². The molecule has 11 heteroatoms. The van der Waals surface area contributed by atoms with E-state index in [0.717, 1.165) is 57.8 Å². The second-order valence-corrected chi connectivity index (χ2v) is 20.1. The first-order valence-corrected chi connectivity index (χ1v) is 20.8. The van der Waals surface area contributed by atoms with Crippen molar-refractivity contribution >= 4 is 23.9 Å². The van der Waals surface area contributed by atoms with Gasteiger partial charge in [0, 0.05) is 26.2 Å². The molecular formula is C44H68O11. The van der Waals surface area contributed by atoms with Crippen LogP contribution in [-0.4, -0.2) is 79.0 Å². The summed E-state index contributed by atoms with van der Waals surface area (Å²) in [5, 5.41) is 11.6. The maximum atomic E-state index is 13.1. The third-order valence-corrected chi connectivity index (χ3v) is 16.8. The zero-order valence-electron chi connectivity index (χ0n) is 35.5. The Balaban J connectivity index is 1.33. The third-order valence-electron chi connectivity index (χ3n) is 16.8. The normalized spacial score (nSPS) is 47.3. The highest BCUT2D eigenvalue weighted by Gasteiger charge is 2.69. The zero-order valence-corrected chi connectivity index (χ0v) is 35.5. The van der Waals surface area contributed by atoms with Crippen LogP contribution in [0.25, 0.3) is 0 Å². The van der Waals surface area contributed by atoms with E-state index in [1.54, 1.807) is 5.57 Å². The number of allylic oxidation sites excluding steroid dienone is 2. The fourth-order valence-corrected chi connectivity index (χ4v) is 13.5. The SMILES string of the molecule is CC[C@]1(C)[C@@H]2CC[C@]3(C)[C@H](CC=C4[C@H]5CC(C)(C)C[C@@H](O)[C@]5(C)CC[C@]43C)[C@@]2(C)CC[C@@H]1O[C@@H]1O[C@H](C(=O)OC)[C@@H](OC(C)=O)[C@H](OC(C)=O)[C@H]1OC(C)=O. The highest BCUT2D eigenvalue weighted by Crippen LogP contribution is 2.76. The van der Waals surface area contributed by atoms with Crippen LogP contribution in [0.2, 0.25) is 0 Å². The molecule has 5 aliphatic carbocycles. The molecule has 15 atom stereocenters. The molecule has 0 aromatic heterocycles. The molecule has 0 bridgehead atoms. The van der Waals surface area contributed by atoms with Crippen LogP contribution in [0.3, 0.4) is 0 Å². The fraction of sp³-hybridized carbons (Fsp3) is 0.864. The number of hydrogen-bond donors (Lipinski definition) is 1. The van der Waals surface area contributed by atoms with Crippen molar-refractivity contribution in [1.29, 1.82) is 0 Å². The lowest BCUT2D eigenvalue weighted by Gasteiger charge is -2.72. The van der Waals surface area contributed by atoms with E-state index in [-0.39, 0.29) is 44.7 Å². The number of carbonyl (C=O) groups excluding carboxylic acids is 4.